The third-order valence-corrected chi connectivity index (χ3v) is 3.99. The highest BCUT2D eigenvalue weighted by Gasteiger charge is 2.14. The van der Waals surface area contributed by atoms with Gasteiger partial charge in [-0.25, -0.2) is 0 Å². The van der Waals surface area contributed by atoms with E-state index >= 15 is 0 Å². The summed E-state index contributed by atoms with van der Waals surface area (Å²) in [6, 6.07) is 1.60. The smallest absolute Gasteiger partial charge is 0.0458 e. The molecule has 2 aliphatic rings. The van der Waals surface area contributed by atoms with Crippen LogP contribution in [0, 0.1) is 0 Å². The van der Waals surface area contributed by atoms with Crippen molar-refractivity contribution in [3.05, 3.63) is 0 Å². The quantitative estimate of drug-likeness (QED) is 0.692. The minimum absolute atomic E-state index is 0. The molecule has 0 bridgehead atoms. The molecule has 5 N–H and O–H groups in total. The van der Waals surface area contributed by atoms with Crippen molar-refractivity contribution in [2.75, 3.05) is 6.67 Å². The van der Waals surface area contributed by atoms with Crippen molar-refractivity contribution in [2.45, 2.75) is 76.3 Å². The van der Waals surface area contributed by atoms with Crippen molar-refractivity contribution in [3.63, 3.8) is 0 Å². The number of rotatable bonds is 4. The van der Waals surface area contributed by atoms with Crippen LogP contribution in [0.4, 0.5) is 0 Å². The first kappa shape index (κ1) is 20.8. The first-order valence-electron chi connectivity index (χ1n) is 6.92. The average molecular weight is 300 g/mol. The lowest BCUT2D eigenvalue weighted by Crippen LogP contribution is -2.42. The van der Waals surface area contributed by atoms with Crippen LogP contribution in [0.3, 0.4) is 0 Å². The summed E-state index contributed by atoms with van der Waals surface area (Å²) in [6.07, 6.45) is 14.2. The van der Waals surface area contributed by atoms with Crippen molar-refractivity contribution >= 4 is 24.8 Å². The Balaban J connectivity index is 0. The van der Waals surface area contributed by atoms with Crippen LogP contribution < -0.4 is 16.8 Å². The molecule has 0 aliphatic heterocycles. The lowest BCUT2D eigenvalue weighted by atomic mass is 9.95. The summed E-state index contributed by atoms with van der Waals surface area (Å²) in [7, 11) is 0. The molecule has 0 aromatic carbocycles. The van der Waals surface area contributed by atoms with Gasteiger partial charge in [0.05, 0.1) is 0 Å². The van der Waals surface area contributed by atoms with Gasteiger partial charge in [-0.05, 0) is 25.7 Å². The van der Waals surface area contributed by atoms with E-state index in [0.717, 1.165) is 18.8 Å². The Morgan fingerprint density at radius 3 is 1.28 bits per heavy atom. The molecule has 0 unspecified atom stereocenters. The molecule has 3 nitrogen and oxygen atoms in total. The molecule has 0 amide bonds. The molecule has 2 aliphatic carbocycles. The summed E-state index contributed by atoms with van der Waals surface area (Å²) in [6.45, 7) is 1.04. The first-order valence-corrected chi connectivity index (χ1v) is 6.92. The Morgan fingerprint density at radius 1 is 0.611 bits per heavy atom. The maximum atomic E-state index is 3.66. The molecule has 5 heteroatoms. The van der Waals surface area contributed by atoms with Crippen LogP contribution in [0.2, 0.25) is 0 Å². The summed E-state index contributed by atoms with van der Waals surface area (Å²) in [4.78, 5) is 0. The minimum Gasteiger partial charge on any atom is -0.344 e. The van der Waals surface area contributed by atoms with Crippen LogP contribution in [0.1, 0.15) is 64.2 Å². The Bertz CT molecular complexity index is 152. The van der Waals surface area contributed by atoms with E-state index in [1.807, 2.05) is 0 Å². The molecule has 0 aromatic rings. The van der Waals surface area contributed by atoms with Gasteiger partial charge in [-0.15, -0.1) is 24.8 Å². The molecule has 2 fully saturated rings. The monoisotopic (exact) mass is 299 g/mol. The van der Waals surface area contributed by atoms with Gasteiger partial charge in [0.25, 0.3) is 0 Å². The van der Waals surface area contributed by atoms with E-state index in [1.165, 1.54) is 64.2 Å². The zero-order chi connectivity index (χ0) is 10.3. The van der Waals surface area contributed by atoms with Crippen LogP contribution in [-0.4, -0.2) is 18.8 Å². The molecule has 0 spiro atoms. The maximum absolute atomic E-state index is 3.66. The molecule has 112 valence electrons. The highest BCUT2D eigenvalue weighted by atomic mass is 35.5. The van der Waals surface area contributed by atoms with Gasteiger partial charge in [-0.1, -0.05) is 38.5 Å². The van der Waals surface area contributed by atoms with E-state index in [9.17, 15) is 0 Å². The van der Waals surface area contributed by atoms with Crippen molar-refractivity contribution in [3.8, 4) is 0 Å². The Kier molecular flexibility index (Phi) is 14.4. The van der Waals surface area contributed by atoms with Crippen LogP contribution in [0.25, 0.3) is 0 Å². The molecule has 0 atom stereocenters. The average Bonchev–Trinajstić information content (AvgIpc) is 2.32. The molecule has 2 saturated carbocycles. The highest BCUT2D eigenvalue weighted by Crippen LogP contribution is 2.18. The second-order valence-corrected chi connectivity index (χ2v) is 5.25. The fraction of sp³-hybridized carbons (Fsp3) is 1.00. The Morgan fingerprint density at radius 2 is 0.944 bits per heavy atom. The first-order chi connectivity index (χ1) is 7.45. The predicted molar refractivity (Wildman–Crippen MR) is 84.4 cm³/mol. The molecule has 0 aromatic heterocycles. The van der Waals surface area contributed by atoms with Crippen LogP contribution in [0.5, 0.6) is 0 Å². The zero-order valence-corrected chi connectivity index (χ0v) is 13.1. The van der Waals surface area contributed by atoms with Crippen molar-refractivity contribution in [2.24, 2.45) is 0 Å². The summed E-state index contributed by atoms with van der Waals surface area (Å²) in [5, 5.41) is 7.32. The van der Waals surface area contributed by atoms with Crippen molar-refractivity contribution in [1.29, 1.82) is 0 Å². The van der Waals surface area contributed by atoms with Gasteiger partial charge in [0.2, 0.25) is 0 Å². The van der Waals surface area contributed by atoms with Gasteiger partial charge in [0, 0.05) is 18.8 Å². The van der Waals surface area contributed by atoms with Gasteiger partial charge in [-0.2, -0.15) is 0 Å². The third kappa shape index (κ3) is 7.80. The molecular formula is C13H31Cl2N3. The van der Waals surface area contributed by atoms with Crippen molar-refractivity contribution in [1.82, 2.24) is 16.8 Å². The fourth-order valence-corrected chi connectivity index (χ4v) is 2.96. The van der Waals surface area contributed by atoms with Gasteiger partial charge in [0.15, 0.2) is 0 Å². The van der Waals surface area contributed by atoms with Gasteiger partial charge < -0.3 is 16.8 Å². The zero-order valence-electron chi connectivity index (χ0n) is 11.5. The maximum Gasteiger partial charge on any atom is 0.0458 e. The Hall–Kier alpha value is 0.460. The van der Waals surface area contributed by atoms with Crippen LogP contribution in [0.15, 0.2) is 0 Å². The Labute approximate surface area is 125 Å². The molecular weight excluding hydrogens is 269 g/mol. The molecule has 0 saturated heterocycles. The second kappa shape index (κ2) is 12.5. The van der Waals surface area contributed by atoms with E-state index in [2.05, 4.69) is 10.6 Å². The van der Waals surface area contributed by atoms with Crippen LogP contribution >= 0.6 is 24.8 Å². The van der Waals surface area contributed by atoms with E-state index in [-0.39, 0.29) is 31.0 Å². The summed E-state index contributed by atoms with van der Waals surface area (Å²) in [5.74, 6) is 0. The normalized spacial score (nSPS) is 21.3. The number of nitrogens with one attached hydrogen (secondary N) is 2. The number of halogens is 2. The molecule has 0 heterocycles. The van der Waals surface area contributed by atoms with Gasteiger partial charge >= 0.3 is 0 Å². The van der Waals surface area contributed by atoms with Crippen LogP contribution in [-0.2, 0) is 0 Å². The molecule has 18 heavy (non-hydrogen) atoms. The lowest BCUT2D eigenvalue weighted by molar-refractivity contribution is 0.323. The molecule has 0 radical (unpaired) electrons. The topological polar surface area (TPSA) is 59.1 Å². The summed E-state index contributed by atoms with van der Waals surface area (Å²) >= 11 is 0. The predicted octanol–water partition coefficient (Wildman–Crippen LogP) is 3.79. The SMILES string of the molecule is C1CCC(NCNC2CCCCC2)CC1.Cl.Cl.N. The van der Waals surface area contributed by atoms with E-state index in [4.69, 9.17) is 0 Å². The number of hydrogen-bond donors (Lipinski definition) is 3. The summed E-state index contributed by atoms with van der Waals surface area (Å²) in [5.41, 5.74) is 0. The number of hydrogen-bond acceptors (Lipinski definition) is 3. The van der Waals surface area contributed by atoms with E-state index in [0.29, 0.717) is 0 Å². The lowest BCUT2D eigenvalue weighted by Gasteiger charge is -2.27. The highest BCUT2D eigenvalue weighted by molar-refractivity contribution is 5.85. The molecule has 2 rings (SSSR count). The summed E-state index contributed by atoms with van der Waals surface area (Å²) < 4.78 is 0. The van der Waals surface area contributed by atoms with E-state index < -0.39 is 0 Å². The minimum atomic E-state index is 0. The van der Waals surface area contributed by atoms with Crippen molar-refractivity contribution < 1.29 is 0 Å². The van der Waals surface area contributed by atoms with E-state index in [1.54, 1.807) is 0 Å². The fourth-order valence-electron chi connectivity index (χ4n) is 2.96. The van der Waals surface area contributed by atoms with Gasteiger partial charge in [0.1, 0.15) is 0 Å². The third-order valence-electron chi connectivity index (χ3n) is 3.99. The second-order valence-electron chi connectivity index (χ2n) is 5.25. The standard InChI is InChI=1S/C13H26N2.2ClH.H3N/c1-3-7-12(8-4-1)14-11-15-13-9-5-2-6-10-13;;;/h12-15H,1-11H2;2*1H;1H3. The van der Waals surface area contributed by atoms with Gasteiger partial charge in [-0.3, -0.25) is 0 Å². The largest absolute Gasteiger partial charge is 0.344 e.